The number of hydrogen-bond donors (Lipinski definition) is 1. The van der Waals surface area contributed by atoms with Gasteiger partial charge in [-0.2, -0.15) is 0 Å². The summed E-state index contributed by atoms with van der Waals surface area (Å²) in [4.78, 5) is 21.8. The molecule has 0 unspecified atom stereocenters. The molecule has 0 fully saturated rings. The lowest BCUT2D eigenvalue weighted by atomic mass is 10.1. The first kappa shape index (κ1) is 15.3. The average molecular weight is 346 g/mol. The second-order valence-corrected chi connectivity index (χ2v) is 6.31. The smallest absolute Gasteiger partial charge is 0.255 e. The first-order chi connectivity index (χ1) is 12.3. The normalized spacial score (nSPS) is 10.6. The number of hydrogen-bond acceptors (Lipinski definition) is 4. The molecule has 122 valence electrons. The molecule has 5 nitrogen and oxygen atoms in total. The summed E-state index contributed by atoms with van der Waals surface area (Å²) in [6.45, 7) is 0. The quantitative estimate of drug-likeness (QED) is 0.601. The third kappa shape index (κ3) is 3.34. The maximum atomic E-state index is 12.6. The van der Waals surface area contributed by atoms with E-state index in [0.29, 0.717) is 5.56 Å². The number of amides is 1. The number of aromatic nitrogens is 3. The Hall–Kier alpha value is -3.25. The fourth-order valence-electron chi connectivity index (χ4n) is 2.53. The van der Waals surface area contributed by atoms with Crippen LogP contribution in [0.5, 0.6) is 0 Å². The van der Waals surface area contributed by atoms with E-state index < -0.39 is 0 Å². The summed E-state index contributed by atoms with van der Waals surface area (Å²) in [7, 11) is 0. The lowest BCUT2D eigenvalue weighted by molar-refractivity contribution is 0.102. The number of thiazole rings is 1. The highest BCUT2D eigenvalue weighted by Crippen LogP contribution is 2.24. The van der Waals surface area contributed by atoms with Gasteiger partial charge in [-0.05, 0) is 35.9 Å². The molecule has 2 aromatic carbocycles. The van der Waals surface area contributed by atoms with E-state index in [4.69, 9.17) is 0 Å². The minimum Gasteiger partial charge on any atom is -0.322 e. The molecule has 0 bridgehead atoms. The van der Waals surface area contributed by atoms with Crippen molar-refractivity contribution in [1.82, 2.24) is 14.5 Å². The van der Waals surface area contributed by atoms with Crippen LogP contribution in [0.2, 0.25) is 0 Å². The first-order valence-corrected chi connectivity index (χ1v) is 8.56. The molecule has 0 aliphatic carbocycles. The molecule has 0 aliphatic rings. The second-order valence-electron chi connectivity index (χ2n) is 5.42. The molecule has 6 heteroatoms. The van der Waals surface area contributed by atoms with Crippen LogP contribution in [0, 0.1) is 0 Å². The van der Waals surface area contributed by atoms with Crippen molar-refractivity contribution in [3.63, 3.8) is 0 Å². The Morgan fingerprint density at radius 2 is 2.00 bits per heavy atom. The SMILES string of the molecule is O=C(Nc1cccc(-n2ccnc2)c1)c1cccc(-c2cncs2)c1. The Morgan fingerprint density at radius 1 is 1.08 bits per heavy atom. The minimum absolute atomic E-state index is 0.144. The zero-order valence-electron chi connectivity index (χ0n) is 13.2. The van der Waals surface area contributed by atoms with Crippen molar-refractivity contribution in [2.75, 3.05) is 5.32 Å². The molecule has 25 heavy (non-hydrogen) atoms. The third-order valence-electron chi connectivity index (χ3n) is 3.75. The maximum Gasteiger partial charge on any atom is 0.255 e. The molecule has 2 heterocycles. The van der Waals surface area contributed by atoms with Crippen molar-refractivity contribution in [3.8, 4) is 16.1 Å². The van der Waals surface area contributed by atoms with E-state index in [2.05, 4.69) is 15.3 Å². The van der Waals surface area contributed by atoms with E-state index in [9.17, 15) is 4.79 Å². The van der Waals surface area contributed by atoms with Gasteiger partial charge in [-0.15, -0.1) is 11.3 Å². The highest BCUT2D eigenvalue weighted by molar-refractivity contribution is 7.13. The summed E-state index contributed by atoms with van der Waals surface area (Å²) < 4.78 is 1.89. The monoisotopic (exact) mass is 346 g/mol. The van der Waals surface area contributed by atoms with Crippen LogP contribution < -0.4 is 5.32 Å². The molecule has 1 N–H and O–H groups in total. The van der Waals surface area contributed by atoms with E-state index in [0.717, 1.165) is 21.8 Å². The van der Waals surface area contributed by atoms with Crippen LogP contribution in [0.3, 0.4) is 0 Å². The Kier molecular flexibility index (Phi) is 4.10. The first-order valence-electron chi connectivity index (χ1n) is 7.68. The van der Waals surface area contributed by atoms with Gasteiger partial charge in [0.25, 0.3) is 5.91 Å². The lowest BCUT2D eigenvalue weighted by Gasteiger charge is -2.09. The van der Waals surface area contributed by atoms with Crippen LogP contribution in [0.1, 0.15) is 10.4 Å². The molecular weight excluding hydrogens is 332 g/mol. The van der Waals surface area contributed by atoms with Gasteiger partial charge in [-0.3, -0.25) is 9.78 Å². The fourth-order valence-corrected chi connectivity index (χ4v) is 3.15. The van der Waals surface area contributed by atoms with Gasteiger partial charge >= 0.3 is 0 Å². The van der Waals surface area contributed by atoms with Crippen molar-refractivity contribution in [2.24, 2.45) is 0 Å². The topological polar surface area (TPSA) is 59.8 Å². The van der Waals surface area contributed by atoms with Crippen LogP contribution in [0.25, 0.3) is 16.1 Å². The molecule has 4 rings (SSSR count). The number of nitrogens with one attached hydrogen (secondary N) is 1. The predicted octanol–water partition coefficient (Wildman–Crippen LogP) is 4.25. The molecule has 0 saturated heterocycles. The van der Waals surface area contributed by atoms with Gasteiger partial charge in [0.2, 0.25) is 0 Å². The molecule has 1 amide bonds. The molecule has 0 aliphatic heterocycles. The largest absolute Gasteiger partial charge is 0.322 e. The van der Waals surface area contributed by atoms with Crippen molar-refractivity contribution >= 4 is 22.9 Å². The van der Waals surface area contributed by atoms with Crippen LogP contribution in [-0.2, 0) is 0 Å². The molecule has 0 spiro atoms. The standard InChI is InChI=1S/C19H14N4OS/c24-19(15-4-1-3-14(9-15)18-11-21-13-25-18)22-16-5-2-6-17(10-16)23-8-7-20-12-23/h1-13H,(H,22,24). The van der Waals surface area contributed by atoms with Gasteiger partial charge < -0.3 is 9.88 Å². The van der Waals surface area contributed by atoms with Crippen LogP contribution >= 0.6 is 11.3 Å². The Bertz CT molecular complexity index is 994. The number of anilines is 1. The van der Waals surface area contributed by atoms with Gasteiger partial charge in [0.1, 0.15) is 0 Å². The van der Waals surface area contributed by atoms with Crippen molar-refractivity contribution < 1.29 is 4.79 Å². The number of benzene rings is 2. The second kappa shape index (κ2) is 6.70. The van der Waals surface area contributed by atoms with E-state index in [1.807, 2.05) is 53.2 Å². The number of rotatable bonds is 4. The summed E-state index contributed by atoms with van der Waals surface area (Å²) in [5.74, 6) is -0.144. The summed E-state index contributed by atoms with van der Waals surface area (Å²) in [6, 6.07) is 15.2. The zero-order valence-corrected chi connectivity index (χ0v) is 14.0. The summed E-state index contributed by atoms with van der Waals surface area (Å²) in [5.41, 5.74) is 5.05. The number of nitrogens with zero attached hydrogens (tertiary/aromatic N) is 3. The van der Waals surface area contributed by atoms with Gasteiger partial charge in [-0.25, -0.2) is 4.98 Å². The Balaban J connectivity index is 1.57. The van der Waals surface area contributed by atoms with Crippen LogP contribution in [-0.4, -0.2) is 20.4 Å². The van der Waals surface area contributed by atoms with Crippen LogP contribution in [0.4, 0.5) is 5.69 Å². The van der Waals surface area contributed by atoms with E-state index in [1.165, 1.54) is 0 Å². The molecular formula is C19H14N4OS. The number of carbonyl (C=O) groups is 1. The van der Waals surface area contributed by atoms with Crippen molar-refractivity contribution in [3.05, 3.63) is 84.5 Å². The van der Waals surface area contributed by atoms with E-state index in [-0.39, 0.29) is 5.91 Å². The third-order valence-corrected chi connectivity index (χ3v) is 4.57. The van der Waals surface area contributed by atoms with Gasteiger partial charge in [0, 0.05) is 35.5 Å². The van der Waals surface area contributed by atoms with Crippen molar-refractivity contribution in [1.29, 1.82) is 0 Å². The van der Waals surface area contributed by atoms with E-state index in [1.54, 1.807) is 41.6 Å². The van der Waals surface area contributed by atoms with Gasteiger partial charge in [0.15, 0.2) is 0 Å². The predicted molar refractivity (Wildman–Crippen MR) is 99.1 cm³/mol. The summed E-state index contributed by atoms with van der Waals surface area (Å²) in [5, 5.41) is 2.95. The van der Waals surface area contributed by atoms with Gasteiger partial charge in [0.05, 0.1) is 16.7 Å². The molecule has 2 aromatic heterocycles. The molecule has 0 radical (unpaired) electrons. The molecule has 0 saturated carbocycles. The Labute approximate surface area is 148 Å². The summed E-state index contributed by atoms with van der Waals surface area (Å²) in [6.07, 6.45) is 7.10. The molecule has 4 aromatic rings. The average Bonchev–Trinajstić information content (AvgIpc) is 3.36. The van der Waals surface area contributed by atoms with Crippen LogP contribution in [0.15, 0.2) is 79.0 Å². The molecule has 0 atom stereocenters. The minimum atomic E-state index is -0.144. The highest BCUT2D eigenvalue weighted by Gasteiger charge is 2.09. The fraction of sp³-hybridized carbons (Fsp3) is 0. The summed E-state index contributed by atoms with van der Waals surface area (Å²) >= 11 is 1.55. The maximum absolute atomic E-state index is 12.6. The van der Waals surface area contributed by atoms with Gasteiger partial charge in [-0.1, -0.05) is 18.2 Å². The number of imidazole rings is 1. The number of carbonyl (C=O) groups excluding carboxylic acids is 1. The highest BCUT2D eigenvalue weighted by atomic mass is 32.1. The van der Waals surface area contributed by atoms with Crippen molar-refractivity contribution in [2.45, 2.75) is 0 Å². The van der Waals surface area contributed by atoms with E-state index >= 15 is 0 Å². The Morgan fingerprint density at radius 3 is 2.80 bits per heavy atom. The zero-order chi connectivity index (χ0) is 17.1. The lowest BCUT2D eigenvalue weighted by Crippen LogP contribution is -2.12.